The molecule has 0 spiro atoms. The molecule has 0 radical (unpaired) electrons. The van der Waals surface area contributed by atoms with E-state index in [0.717, 1.165) is 15.6 Å². The standard InChI is InChI=1S/C19H13ClF3N3O.C18H11F3N6/c1-27-12-8-6-11(7-9-12)10-26-17(19(21,22)23)15-13-4-2-3-5-14(13)24-18(20)16(15)25-26;19-18(20,21)16-14-11-3-1-2-4-12(11)24-17(15(14)26-27-16)23-10-6-5-9-8-22-25-13(9)7-10/h2-9H,10H2,1H3;1-8H,(H,22,25)(H,23,24)(H,26,27). The summed E-state index contributed by atoms with van der Waals surface area (Å²) in [6.45, 7) is -0.0574. The quantitative estimate of drug-likeness (QED) is 0.118. The maximum absolute atomic E-state index is 13.9. The van der Waals surface area contributed by atoms with Crippen LogP contribution in [0.3, 0.4) is 0 Å². The van der Waals surface area contributed by atoms with Crippen molar-refractivity contribution in [2.45, 2.75) is 18.9 Å². The lowest BCUT2D eigenvalue weighted by molar-refractivity contribution is -0.142. The summed E-state index contributed by atoms with van der Waals surface area (Å²) in [6.07, 6.45) is -7.46. The summed E-state index contributed by atoms with van der Waals surface area (Å²) < 4.78 is 88.2. The van der Waals surface area contributed by atoms with E-state index in [4.69, 9.17) is 16.3 Å². The topological polar surface area (TPSA) is 122 Å². The highest BCUT2D eigenvalue weighted by Crippen LogP contribution is 2.41. The van der Waals surface area contributed by atoms with Crippen LogP contribution in [-0.2, 0) is 18.9 Å². The molecule has 0 saturated carbocycles. The van der Waals surface area contributed by atoms with Gasteiger partial charge in [-0.15, -0.1) is 0 Å². The molecule has 17 heteroatoms. The molecule has 0 aliphatic heterocycles. The minimum absolute atomic E-state index is 0.00165. The number of methoxy groups -OCH3 is 1. The predicted octanol–water partition coefficient (Wildman–Crippen LogP) is 10.1. The molecule has 272 valence electrons. The summed E-state index contributed by atoms with van der Waals surface area (Å²) in [6, 6.07) is 25.5. The predicted molar refractivity (Wildman–Crippen MR) is 193 cm³/mol. The van der Waals surface area contributed by atoms with Crippen LogP contribution in [0.25, 0.3) is 54.5 Å². The molecular weight excluding hydrogens is 736 g/mol. The Bertz CT molecular complexity index is 2830. The van der Waals surface area contributed by atoms with Crippen LogP contribution in [0, 0.1) is 0 Å². The summed E-state index contributed by atoms with van der Waals surface area (Å²) in [5, 5.41) is 21.6. The molecule has 0 bridgehead atoms. The Hall–Kier alpha value is -6.42. The molecule has 0 aliphatic carbocycles. The molecule has 0 fully saturated rings. The number of pyridine rings is 2. The van der Waals surface area contributed by atoms with Crippen molar-refractivity contribution >= 4 is 77.6 Å². The van der Waals surface area contributed by atoms with E-state index < -0.39 is 23.7 Å². The molecule has 0 unspecified atom stereocenters. The van der Waals surface area contributed by atoms with Gasteiger partial charge in [0.2, 0.25) is 0 Å². The van der Waals surface area contributed by atoms with Gasteiger partial charge < -0.3 is 10.1 Å². The van der Waals surface area contributed by atoms with Crippen molar-refractivity contribution in [2.24, 2.45) is 0 Å². The second-order valence-corrected chi connectivity index (χ2v) is 12.4. The van der Waals surface area contributed by atoms with Gasteiger partial charge in [-0.2, -0.15) is 41.6 Å². The molecule has 54 heavy (non-hydrogen) atoms. The molecule has 5 heterocycles. The Morgan fingerprint density at radius 1 is 0.778 bits per heavy atom. The van der Waals surface area contributed by atoms with Crippen LogP contribution in [0.2, 0.25) is 5.15 Å². The Kier molecular flexibility index (Phi) is 8.48. The second-order valence-electron chi connectivity index (χ2n) is 12.1. The van der Waals surface area contributed by atoms with E-state index in [1.807, 2.05) is 12.1 Å². The zero-order valence-corrected chi connectivity index (χ0v) is 28.4. The number of nitrogens with one attached hydrogen (secondary N) is 3. The number of para-hydroxylation sites is 2. The van der Waals surface area contributed by atoms with Gasteiger partial charge in [0, 0.05) is 32.6 Å². The van der Waals surface area contributed by atoms with Crippen LogP contribution < -0.4 is 10.1 Å². The fourth-order valence-corrected chi connectivity index (χ4v) is 6.51. The third-order valence-electron chi connectivity index (χ3n) is 8.68. The molecule has 10 nitrogen and oxygen atoms in total. The smallest absolute Gasteiger partial charge is 0.433 e. The van der Waals surface area contributed by atoms with E-state index in [9.17, 15) is 26.3 Å². The monoisotopic (exact) mass is 759 g/mol. The number of benzene rings is 4. The number of rotatable bonds is 5. The van der Waals surface area contributed by atoms with E-state index >= 15 is 0 Å². The average Bonchev–Trinajstić information content (AvgIpc) is 3.90. The molecule has 0 amide bonds. The molecule has 0 atom stereocenters. The van der Waals surface area contributed by atoms with Crippen LogP contribution in [0.1, 0.15) is 17.0 Å². The number of anilines is 2. The minimum Gasteiger partial charge on any atom is -0.497 e. The molecule has 9 rings (SSSR count). The van der Waals surface area contributed by atoms with Crippen LogP contribution >= 0.6 is 11.6 Å². The van der Waals surface area contributed by atoms with Crippen LogP contribution in [0.4, 0.5) is 37.8 Å². The van der Waals surface area contributed by atoms with E-state index in [1.54, 1.807) is 85.1 Å². The van der Waals surface area contributed by atoms with E-state index in [2.05, 4.69) is 40.8 Å². The lowest BCUT2D eigenvalue weighted by Crippen LogP contribution is -2.15. The molecule has 9 aromatic rings. The van der Waals surface area contributed by atoms with Gasteiger partial charge in [0.25, 0.3) is 0 Å². The normalized spacial score (nSPS) is 12.1. The largest absolute Gasteiger partial charge is 0.497 e. The zero-order chi connectivity index (χ0) is 37.8. The Morgan fingerprint density at radius 3 is 2.15 bits per heavy atom. The Morgan fingerprint density at radius 2 is 1.46 bits per heavy atom. The van der Waals surface area contributed by atoms with Gasteiger partial charge in [0.15, 0.2) is 16.7 Å². The van der Waals surface area contributed by atoms with Gasteiger partial charge in [0.1, 0.15) is 22.5 Å². The number of ether oxygens (including phenoxy) is 1. The molecule has 5 aromatic heterocycles. The maximum Gasteiger partial charge on any atom is 0.433 e. The molecule has 0 aliphatic rings. The highest BCUT2D eigenvalue weighted by atomic mass is 35.5. The summed E-state index contributed by atoms with van der Waals surface area (Å²) in [7, 11) is 1.52. The zero-order valence-electron chi connectivity index (χ0n) is 27.7. The molecule has 4 aromatic carbocycles. The first kappa shape index (κ1) is 34.7. The van der Waals surface area contributed by atoms with Crippen molar-refractivity contribution in [2.75, 3.05) is 12.4 Å². The van der Waals surface area contributed by atoms with Crippen molar-refractivity contribution in [3.8, 4) is 5.75 Å². The molecule has 3 N–H and O–H groups in total. The summed E-state index contributed by atoms with van der Waals surface area (Å²) in [5.74, 6) is 0.868. The number of alkyl halides is 6. The fourth-order valence-electron chi connectivity index (χ4n) is 6.28. The van der Waals surface area contributed by atoms with Gasteiger partial charge in [-0.3, -0.25) is 14.9 Å². The first-order chi connectivity index (χ1) is 25.9. The van der Waals surface area contributed by atoms with Gasteiger partial charge in [-0.05, 0) is 48.0 Å². The van der Waals surface area contributed by atoms with Crippen molar-refractivity contribution < 1.29 is 31.1 Å². The van der Waals surface area contributed by atoms with Gasteiger partial charge in [-0.25, -0.2) is 9.97 Å². The Balaban J connectivity index is 0.000000153. The van der Waals surface area contributed by atoms with Crippen LogP contribution in [0.15, 0.2) is 97.2 Å². The van der Waals surface area contributed by atoms with Crippen molar-refractivity contribution in [1.82, 2.24) is 40.1 Å². The van der Waals surface area contributed by atoms with Crippen molar-refractivity contribution in [3.63, 3.8) is 0 Å². The lowest BCUT2D eigenvalue weighted by Gasteiger charge is -2.12. The van der Waals surface area contributed by atoms with E-state index in [0.29, 0.717) is 38.8 Å². The fraction of sp³-hybridized carbons (Fsp3) is 0.108. The number of aromatic amines is 2. The first-order valence-electron chi connectivity index (χ1n) is 16.1. The number of nitrogens with zero attached hydrogens (tertiary/aromatic N) is 6. The Labute approximate surface area is 304 Å². The van der Waals surface area contributed by atoms with Crippen LogP contribution in [-0.4, -0.2) is 47.3 Å². The van der Waals surface area contributed by atoms with E-state index in [-0.39, 0.29) is 39.3 Å². The molecular formula is C37H24ClF6N9O. The van der Waals surface area contributed by atoms with Gasteiger partial charge >= 0.3 is 12.4 Å². The second kappa shape index (κ2) is 13.2. The first-order valence-corrected chi connectivity index (χ1v) is 16.5. The molecule has 0 saturated heterocycles. The summed E-state index contributed by atoms with van der Waals surface area (Å²) in [4.78, 5) is 8.65. The lowest BCUT2D eigenvalue weighted by atomic mass is 10.1. The average molecular weight is 760 g/mol. The minimum atomic E-state index is -4.60. The van der Waals surface area contributed by atoms with Crippen molar-refractivity contribution in [1.29, 1.82) is 0 Å². The number of fused-ring (bicyclic) bond motifs is 7. The number of H-pyrrole nitrogens is 2. The highest BCUT2D eigenvalue weighted by molar-refractivity contribution is 6.35. The SMILES string of the molecule is COc1ccc(Cn2nc3c(Cl)nc4ccccc4c3c2C(F)(F)F)cc1.FC(F)(F)c1[nH]nc2c(Nc3ccc4cn[nH]c4c3)nc3ccccc3c12. The van der Waals surface area contributed by atoms with Gasteiger partial charge in [-0.1, -0.05) is 60.1 Å². The van der Waals surface area contributed by atoms with E-state index in [1.165, 1.54) is 7.11 Å². The summed E-state index contributed by atoms with van der Waals surface area (Å²) in [5.41, 5.74) is 1.40. The number of aromatic nitrogens is 8. The number of halogens is 7. The number of hydrogen-bond donors (Lipinski definition) is 3. The maximum atomic E-state index is 13.9. The highest BCUT2D eigenvalue weighted by Gasteiger charge is 2.39. The number of hydrogen-bond acceptors (Lipinski definition) is 7. The summed E-state index contributed by atoms with van der Waals surface area (Å²) >= 11 is 6.14. The van der Waals surface area contributed by atoms with Crippen molar-refractivity contribution in [3.05, 3.63) is 119 Å². The van der Waals surface area contributed by atoms with Crippen LogP contribution in [0.5, 0.6) is 5.75 Å². The third-order valence-corrected chi connectivity index (χ3v) is 8.95. The third kappa shape index (κ3) is 6.33. The van der Waals surface area contributed by atoms with Gasteiger partial charge in [0.05, 0.1) is 36.4 Å².